The molecule has 8 heteroatoms. The first-order valence-electron chi connectivity index (χ1n) is 3.50. The quantitative estimate of drug-likeness (QED) is 0.442. The van der Waals surface area contributed by atoms with Gasteiger partial charge in [0.15, 0.2) is 6.23 Å². The molecule has 2 atom stereocenters. The number of aliphatic carboxylic acids is 1. The number of rotatable bonds is 1. The second-order valence-corrected chi connectivity index (χ2v) is 2.76. The summed E-state index contributed by atoms with van der Waals surface area (Å²) in [5, 5.41) is 19.0. The Hall–Kier alpha value is -1.70. The normalized spacial score (nSPS) is 32.8. The van der Waals surface area contributed by atoms with Crippen molar-refractivity contribution in [3.63, 3.8) is 0 Å². The van der Waals surface area contributed by atoms with Gasteiger partial charge >= 0.3 is 17.7 Å². The Morgan fingerprint density at radius 2 is 2.14 bits per heavy atom. The lowest BCUT2D eigenvalue weighted by Gasteiger charge is -2.35. The summed E-state index contributed by atoms with van der Waals surface area (Å²) in [6.07, 6.45) is -2.33. The first kappa shape index (κ1) is 10.4. The molecule has 78 valence electrons. The van der Waals surface area contributed by atoms with E-state index in [-0.39, 0.29) is 0 Å². The fourth-order valence-corrected chi connectivity index (χ4v) is 0.979. The zero-order valence-corrected chi connectivity index (χ0v) is 7.02. The van der Waals surface area contributed by atoms with Gasteiger partial charge in [-0.2, -0.15) is 0 Å². The Kier molecular flexibility index (Phi) is 2.16. The van der Waals surface area contributed by atoms with Gasteiger partial charge in [0.25, 0.3) is 5.91 Å². The Bertz CT molecular complexity index is 319. The summed E-state index contributed by atoms with van der Waals surface area (Å²) in [5.41, 5.74) is -3.53. The van der Waals surface area contributed by atoms with Crippen molar-refractivity contribution in [2.45, 2.75) is 11.9 Å². The van der Waals surface area contributed by atoms with Gasteiger partial charge in [0, 0.05) is 7.05 Å². The highest BCUT2D eigenvalue weighted by Gasteiger charge is 2.59. The van der Waals surface area contributed by atoms with Crippen LogP contribution in [0.5, 0.6) is 0 Å². The van der Waals surface area contributed by atoms with E-state index in [0.29, 0.717) is 4.90 Å². The van der Waals surface area contributed by atoms with E-state index in [1.165, 1.54) is 5.32 Å². The summed E-state index contributed by atoms with van der Waals surface area (Å²) in [5.74, 6) is -3.83. The van der Waals surface area contributed by atoms with Crippen molar-refractivity contribution >= 4 is 17.9 Å². The van der Waals surface area contributed by atoms with E-state index >= 15 is 0 Å². The molecule has 1 fully saturated rings. The van der Waals surface area contributed by atoms with Crippen LogP contribution in [0.1, 0.15) is 0 Å². The monoisotopic (exact) mass is 206 g/mol. The van der Waals surface area contributed by atoms with Gasteiger partial charge < -0.3 is 10.2 Å². The zero-order chi connectivity index (χ0) is 11.1. The number of imide groups is 1. The van der Waals surface area contributed by atoms with E-state index in [1.807, 2.05) is 0 Å². The van der Waals surface area contributed by atoms with Crippen molar-refractivity contribution < 1.29 is 29.0 Å². The number of amides is 3. The molecule has 1 aliphatic rings. The molecule has 0 aromatic carbocycles. The van der Waals surface area contributed by atoms with Crippen LogP contribution in [-0.2, 0) is 9.59 Å². The summed E-state index contributed by atoms with van der Waals surface area (Å²) in [6.45, 7) is 0. The fourth-order valence-electron chi connectivity index (χ4n) is 0.979. The van der Waals surface area contributed by atoms with Crippen molar-refractivity contribution in [3.05, 3.63) is 0 Å². The van der Waals surface area contributed by atoms with Crippen LogP contribution in [0.15, 0.2) is 0 Å². The van der Waals surface area contributed by atoms with E-state index in [0.717, 1.165) is 7.05 Å². The predicted molar refractivity (Wildman–Crippen MR) is 38.8 cm³/mol. The molecule has 3 N–H and O–H groups in total. The van der Waals surface area contributed by atoms with Crippen molar-refractivity contribution in [1.29, 1.82) is 0 Å². The number of halogens is 1. The number of hydrogen-bond acceptors (Lipinski definition) is 4. The number of urea groups is 1. The number of carbonyl (C=O) groups is 3. The number of nitrogens with zero attached hydrogens (tertiary/aromatic N) is 1. The summed E-state index contributed by atoms with van der Waals surface area (Å²) >= 11 is 0. The minimum absolute atomic E-state index is 0.384. The number of carboxylic acids is 1. The number of aliphatic hydroxyl groups is 1. The maximum atomic E-state index is 13.5. The summed E-state index contributed by atoms with van der Waals surface area (Å²) in [4.78, 5) is 32.4. The second-order valence-electron chi connectivity index (χ2n) is 2.76. The van der Waals surface area contributed by atoms with Gasteiger partial charge in [0.1, 0.15) is 0 Å². The minimum Gasteiger partial charge on any atom is -0.478 e. The van der Waals surface area contributed by atoms with Gasteiger partial charge in [-0.3, -0.25) is 15.0 Å². The van der Waals surface area contributed by atoms with E-state index in [9.17, 15) is 18.8 Å². The van der Waals surface area contributed by atoms with Crippen LogP contribution in [0.3, 0.4) is 0 Å². The molecular formula is C6H7FN2O5. The topological polar surface area (TPSA) is 107 Å². The molecule has 3 amide bonds. The minimum atomic E-state index is -3.53. The maximum Gasteiger partial charge on any atom is 0.356 e. The Labute approximate surface area is 77.1 Å². The number of carboxylic acid groups (broad SMARTS) is 1. The van der Waals surface area contributed by atoms with Gasteiger partial charge in [-0.05, 0) is 0 Å². The molecule has 0 bridgehead atoms. The largest absolute Gasteiger partial charge is 0.478 e. The molecule has 0 radical (unpaired) electrons. The van der Waals surface area contributed by atoms with Crippen LogP contribution in [0, 0.1) is 0 Å². The van der Waals surface area contributed by atoms with Crippen LogP contribution in [0.2, 0.25) is 0 Å². The third kappa shape index (κ3) is 1.11. The predicted octanol–water partition coefficient (Wildman–Crippen LogP) is -1.72. The summed E-state index contributed by atoms with van der Waals surface area (Å²) < 4.78 is 13.5. The van der Waals surface area contributed by atoms with Gasteiger partial charge in [-0.1, -0.05) is 0 Å². The molecule has 0 spiro atoms. The highest BCUT2D eigenvalue weighted by atomic mass is 19.1. The van der Waals surface area contributed by atoms with E-state index in [2.05, 4.69) is 0 Å². The highest BCUT2D eigenvalue weighted by molar-refractivity contribution is 6.13. The Balaban J connectivity index is 3.13. The van der Waals surface area contributed by atoms with Crippen LogP contribution in [0.4, 0.5) is 9.18 Å². The molecule has 1 aliphatic heterocycles. The van der Waals surface area contributed by atoms with Crippen molar-refractivity contribution in [3.8, 4) is 0 Å². The number of hydrogen-bond donors (Lipinski definition) is 3. The third-order valence-electron chi connectivity index (χ3n) is 1.91. The molecule has 2 unspecified atom stereocenters. The molecule has 1 saturated heterocycles. The summed E-state index contributed by atoms with van der Waals surface area (Å²) in [6, 6.07) is -1.06. The van der Waals surface area contributed by atoms with Gasteiger partial charge in [-0.25, -0.2) is 14.0 Å². The maximum absolute atomic E-state index is 13.5. The highest BCUT2D eigenvalue weighted by Crippen LogP contribution is 2.23. The average Bonchev–Trinajstić information content (AvgIpc) is 2.11. The first-order chi connectivity index (χ1) is 6.31. The smallest absolute Gasteiger partial charge is 0.356 e. The molecule has 0 aromatic rings. The fraction of sp³-hybridized carbons (Fsp3) is 0.500. The third-order valence-corrected chi connectivity index (χ3v) is 1.91. The molecule has 1 heterocycles. The summed E-state index contributed by atoms with van der Waals surface area (Å²) in [7, 11) is 0.962. The van der Waals surface area contributed by atoms with Crippen LogP contribution in [-0.4, -0.2) is 52.0 Å². The molecular weight excluding hydrogens is 199 g/mol. The van der Waals surface area contributed by atoms with Crippen LogP contribution < -0.4 is 5.32 Å². The Morgan fingerprint density at radius 3 is 2.57 bits per heavy atom. The second kappa shape index (κ2) is 2.91. The first-order valence-corrected chi connectivity index (χ1v) is 3.50. The van der Waals surface area contributed by atoms with E-state index < -0.39 is 29.8 Å². The number of alkyl halides is 1. The number of nitrogens with one attached hydrogen (secondary N) is 1. The molecule has 0 saturated carbocycles. The van der Waals surface area contributed by atoms with Crippen molar-refractivity contribution in [2.24, 2.45) is 0 Å². The molecule has 7 nitrogen and oxygen atoms in total. The lowest BCUT2D eigenvalue weighted by Crippen LogP contribution is -2.70. The molecule has 1 rings (SSSR count). The van der Waals surface area contributed by atoms with Gasteiger partial charge in [0.2, 0.25) is 0 Å². The lowest BCUT2D eigenvalue weighted by atomic mass is 10.0. The average molecular weight is 206 g/mol. The van der Waals surface area contributed by atoms with Gasteiger partial charge in [0.05, 0.1) is 0 Å². The standard InChI is InChI=1S/C6H7FN2O5/c1-9-3(11)6(7,4(12)13)2(10)8-5(9)14/h3,11H,1H3,(H,12,13)(H,8,10,14). The number of carbonyl (C=O) groups excluding carboxylic acids is 2. The number of aliphatic hydroxyl groups excluding tert-OH is 1. The lowest BCUT2D eigenvalue weighted by molar-refractivity contribution is -0.178. The molecule has 0 aliphatic carbocycles. The van der Waals surface area contributed by atoms with Crippen LogP contribution in [0.25, 0.3) is 0 Å². The Morgan fingerprint density at radius 1 is 1.64 bits per heavy atom. The van der Waals surface area contributed by atoms with Crippen molar-refractivity contribution in [1.82, 2.24) is 10.2 Å². The van der Waals surface area contributed by atoms with E-state index in [1.54, 1.807) is 0 Å². The molecule has 14 heavy (non-hydrogen) atoms. The molecule has 0 aromatic heterocycles. The zero-order valence-electron chi connectivity index (χ0n) is 7.02. The van der Waals surface area contributed by atoms with E-state index in [4.69, 9.17) is 10.2 Å². The van der Waals surface area contributed by atoms with Crippen molar-refractivity contribution in [2.75, 3.05) is 7.05 Å². The van der Waals surface area contributed by atoms with Crippen LogP contribution >= 0.6 is 0 Å². The SMILES string of the molecule is CN1C(=O)NC(=O)C(F)(C(=O)O)C1O. The van der Waals surface area contributed by atoms with Gasteiger partial charge in [-0.15, -0.1) is 0 Å².